The Morgan fingerprint density at radius 3 is 2.50 bits per heavy atom. The van der Waals surface area contributed by atoms with E-state index in [1.165, 1.54) is 50.5 Å². The second kappa shape index (κ2) is 17.6. The van der Waals surface area contributed by atoms with Gasteiger partial charge in [0.2, 0.25) is 5.78 Å². The number of alkyl halides is 1. The molecule has 0 unspecified atom stereocenters. The average molecular weight is 819 g/mol. The van der Waals surface area contributed by atoms with Gasteiger partial charge in [-0.2, -0.15) is 0 Å². The molecule has 0 bridgehead atoms. The number of carbonyl (C=O) groups excluding carboxylic acids is 5. The summed E-state index contributed by atoms with van der Waals surface area (Å²) in [6.07, 6.45) is 1.87. The van der Waals surface area contributed by atoms with Crippen molar-refractivity contribution in [1.82, 2.24) is 5.32 Å². The van der Waals surface area contributed by atoms with Crippen molar-refractivity contribution >= 4 is 35.9 Å². The molecule has 1 amide bonds. The second-order valence-electron chi connectivity index (χ2n) is 15.1. The van der Waals surface area contributed by atoms with Gasteiger partial charge in [-0.15, -0.1) is 10.1 Å². The number of ether oxygens (including phenoxy) is 5. The van der Waals surface area contributed by atoms with Gasteiger partial charge < -0.3 is 49.2 Å². The molecular weight excluding hydrogens is 771 g/mol. The van der Waals surface area contributed by atoms with E-state index in [1.54, 1.807) is 13.0 Å². The van der Waals surface area contributed by atoms with E-state index in [9.17, 15) is 49.4 Å². The SMILES string of the molecule is COc1cc(C=CC(=O)OCCCCO[N+](=O)[O-])ccc1OC(=O)OCCNC(=O)OCC(=O)[C@@]1(O)[C@H](O)C[C@H]2[C@@H]3CC=C4CC(=O)C=C[C@]4(C)[C@@]3(F)[C@@H](O)C[C@@]21C. The fraction of sp³-hybridized carbons (Fsp3) is 0.564. The standard InChI is InChI=1S/C39H47FN2O16/c1-36-13-12-25(43)19-24(36)8-9-26-27-20-30(44)39(50,37(27,2)21-31(45)38(26,36)40)32(46)22-56-34(48)41-14-17-55-35(49)58-28-10-6-23(18-29(28)53-3)7-11-33(47)54-15-4-5-16-57-42(51)52/h6-8,10-13,18,26-27,30-31,44-45,50H,4-5,9,14-17,19-22H2,1-3H3,(H,41,48)/t26-,27-,30+,31-,36-,37-,38-,39-/m0/s1. The van der Waals surface area contributed by atoms with Gasteiger partial charge in [0.05, 0.1) is 39.1 Å². The quantitative estimate of drug-likeness (QED) is 0.0273. The molecular formula is C39H47FN2O16. The summed E-state index contributed by atoms with van der Waals surface area (Å²) >= 11 is 0. The zero-order valence-corrected chi connectivity index (χ0v) is 32.2. The van der Waals surface area contributed by atoms with E-state index in [-0.39, 0.29) is 69.3 Å². The summed E-state index contributed by atoms with van der Waals surface area (Å²) in [7, 11) is 1.32. The van der Waals surface area contributed by atoms with Crippen LogP contribution >= 0.6 is 0 Å². The van der Waals surface area contributed by atoms with Crippen LogP contribution in [0.25, 0.3) is 6.08 Å². The van der Waals surface area contributed by atoms with E-state index in [1.807, 2.05) is 0 Å². The topological polar surface area (TPSA) is 257 Å². The summed E-state index contributed by atoms with van der Waals surface area (Å²) in [6, 6.07) is 4.36. The highest BCUT2D eigenvalue weighted by Gasteiger charge is 2.76. The highest BCUT2D eigenvalue weighted by Crippen LogP contribution is 2.69. The van der Waals surface area contributed by atoms with Gasteiger partial charge in [-0.1, -0.05) is 30.7 Å². The van der Waals surface area contributed by atoms with Gasteiger partial charge in [0.15, 0.2) is 35.2 Å². The molecule has 4 N–H and O–H groups in total. The van der Waals surface area contributed by atoms with Gasteiger partial charge in [-0.25, -0.2) is 18.8 Å². The number of halogens is 1. The number of esters is 1. The lowest BCUT2D eigenvalue weighted by molar-refractivity contribution is -0.757. The van der Waals surface area contributed by atoms with Gasteiger partial charge in [0.1, 0.15) is 6.61 Å². The van der Waals surface area contributed by atoms with E-state index in [0.29, 0.717) is 24.0 Å². The number of carbonyl (C=O) groups is 5. The molecule has 18 nitrogen and oxygen atoms in total. The number of nitrogens with one attached hydrogen (secondary N) is 1. The van der Waals surface area contributed by atoms with Crippen molar-refractivity contribution in [2.75, 3.05) is 40.1 Å². The Labute approximate surface area is 332 Å². The van der Waals surface area contributed by atoms with Crippen molar-refractivity contribution in [3.8, 4) is 11.5 Å². The molecule has 0 aromatic heterocycles. The summed E-state index contributed by atoms with van der Waals surface area (Å²) in [6.45, 7) is 1.44. The average Bonchev–Trinajstić information content (AvgIpc) is 3.38. The van der Waals surface area contributed by atoms with Crippen LogP contribution in [0.5, 0.6) is 11.5 Å². The molecule has 19 heteroatoms. The Bertz CT molecular complexity index is 1880. The number of rotatable bonds is 16. The van der Waals surface area contributed by atoms with Crippen molar-refractivity contribution in [3.63, 3.8) is 0 Å². The number of Topliss-reactive ketones (excluding diaryl/α,β-unsaturated/α-hetero) is 1. The normalized spacial score (nSPS) is 30.9. The number of benzene rings is 1. The maximum Gasteiger partial charge on any atom is 0.514 e. The third-order valence-electron chi connectivity index (χ3n) is 11.9. The first-order valence-electron chi connectivity index (χ1n) is 18.7. The lowest BCUT2D eigenvalue weighted by Crippen LogP contribution is -2.69. The number of methoxy groups -OCH3 is 1. The van der Waals surface area contributed by atoms with Crippen LogP contribution in [0.4, 0.5) is 14.0 Å². The molecule has 8 atom stereocenters. The summed E-state index contributed by atoms with van der Waals surface area (Å²) in [5.41, 5.74) is -6.48. The van der Waals surface area contributed by atoms with Crippen LogP contribution in [0.1, 0.15) is 57.9 Å². The third-order valence-corrected chi connectivity index (χ3v) is 11.9. The number of allylic oxidation sites excluding steroid dienone is 4. The molecule has 0 saturated heterocycles. The first kappa shape index (κ1) is 43.7. The van der Waals surface area contributed by atoms with Gasteiger partial charge in [-0.05, 0) is 74.8 Å². The molecule has 1 aromatic rings. The number of nitrogens with zero attached hydrogens (tertiary/aromatic N) is 1. The van der Waals surface area contributed by atoms with Crippen LogP contribution in [0.3, 0.4) is 0 Å². The van der Waals surface area contributed by atoms with Crippen molar-refractivity contribution in [3.05, 3.63) is 63.8 Å². The summed E-state index contributed by atoms with van der Waals surface area (Å²) in [4.78, 5) is 76.6. The zero-order chi connectivity index (χ0) is 42.5. The number of fused-ring (bicyclic) bond motifs is 5. The number of ketones is 2. The van der Waals surface area contributed by atoms with Gasteiger partial charge in [0.25, 0.3) is 5.09 Å². The number of alkyl carbamates (subject to hydrolysis) is 1. The predicted molar refractivity (Wildman–Crippen MR) is 196 cm³/mol. The zero-order valence-electron chi connectivity index (χ0n) is 32.2. The Kier molecular flexibility index (Phi) is 13.3. The number of amides is 1. The van der Waals surface area contributed by atoms with Gasteiger partial charge >= 0.3 is 18.2 Å². The first-order valence-corrected chi connectivity index (χ1v) is 18.7. The fourth-order valence-electron chi connectivity index (χ4n) is 8.93. The van der Waals surface area contributed by atoms with E-state index in [2.05, 4.69) is 10.2 Å². The number of unbranched alkanes of at least 4 members (excludes halogenated alkanes) is 1. The summed E-state index contributed by atoms with van der Waals surface area (Å²) in [5, 5.41) is 45.9. The van der Waals surface area contributed by atoms with Crippen LogP contribution in [-0.4, -0.2) is 114 Å². The smallest absolute Gasteiger partial charge is 0.493 e. The maximum atomic E-state index is 17.3. The molecule has 1 aromatic carbocycles. The molecule has 58 heavy (non-hydrogen) atoms. The largest absolute Gasteiger partial charge is 0.514 e. The second-order valence-corrected chi connectivity index (χ2v) is 15.1. The molecule has 0 radical (unpaired) electrons. The molecule has 0 heterocycles. The Balaban J connectivity index is 1.06. The number of aliphatic hydroxyl groups is 3. The maximum absolute atomic E-state index is 17.3. The van der Waals surface area contributed by atoms with Gasteiger partial charge in [0, 0.05) is 29.2 Å². The summed E-state index contributed by atoms with van der Waals surface area (Å²) < 4.78 is 42.7. The van der Waals surface area contributed by atoms with Crippen molar-refractivity contribution < 1.29 is 77.3 Å². The predicted octanol–water partition coefficient (Wildman–Crippen LogP) is 3.12. The van der Waals surface area contributed by atoms with Crippen molar-refractivity contribution in [1.29, 1.82) is 0 Å². The minimum Gasteiger partial charge on any atom is -0.493 e. The monoisotopic (exact) mass is 818 g/mol. The molecule has 4 aliphatic rings. The fourth-order valence-corrected chi connectivity index (χ4v) is 8.93. The molecule has 4 aliphatic carbocycles. The van der Waals surface area contributed by atoms with E-state index < -0.39 is 81.8 Å². The molecule has 5 rings (SSSR count). The lowest BCUT2D eigenvalue weighted by Gasteiger charge is -2.61. The highest BCUT2D eigenvalue weighted by atomic mass is 19.1. The number of hydrogen-bond acceptors (Lipinski definition) is 16. The number of hydrogen-bond donors (Lipinski definition) is 4. The first-order chi connectivity index (χ1) is 27.4. The highest BCUT2D eigenvalue weighted by molar-refractivity contribution is 5.94. The van der Waals surface area contributed by atoms with E-state index in [0.717, 1.165) is 6.08 Å². The molecule has 2 saturated carbocycles. The Hall–Kier alpha value is -5.40. The Morgan fingerprint density at radius 1 is 1.03 bits per heavy atom. The minimum absolute atomic E-state index is 0.0201. The molecule has 0 aliphatic heterocycles. The van der Waals surface area contributed by atoms with Crippen LogP contribution < -0.4 is 14.8 Å². The van der Waals surface area contributed by atoms with Crippen LogP contribution in [-0.2, 0) is 33.4 Å². The van der Waals surface area contributed by atoms with Crippen molar-refractivity contribution in [2.45, 2.75) is 75.9 Å². The van der Waals surface area contributed by atoms with Gasteiger partial charge in [-0.3, -0.25) is 9.59 Å². The molecule has 2 fully saturated rings. The summed E-state index contributed by atoms with van der Waals surface area (Å²) in [5.74, 6) is -3.44. The molecule has 316 valence electrons. The van der Waals surface area contributed by atoms with Crippen molar-refractivity contribution in [2.24, 2.45) is 22.7 Å². The minimum atomic E-state index is -2.49. The Morgan fingerprint density at radius 2 is 1.78 bits per heavy atom. The third kappa shape index (κ3) is 8.42. The van der Waals surface area contributed by atoms with Crippen LogP contribution in [0.2, 0.25) is 0 Å². The number of aliphatic hydroxyl groups excluding tert-OH is 2. The lowest BCUT2D eigenvalue weighted by atomic mass is 9.45. The van der Waals surface area contributed by atoms with E-state index in [4.69, 9.17) is 23.7 Å². The van der Waals surface area contributed by atoms with Crippen LogP contribution in [0.15, 0.2) is 48.1 Å². The van der Waals surface area contributed by atoms with E-state index >= 15 is 4.39 Å². The van der Waals surface area contributed by atoms with Crippen LogP contribution in [0, 0.1) is 32.8 Å². The molecule has 0 spiro atoms.